The van der Waals surface area contributed by atoms with Crippen LogP contribution in [0.15, 0.2) is 18.2 Å². The number of β-amino-alcohol motifs (C(OH)–C–C–N with tert-alkyl or cyclic N) is 1. The molecule has 0 spiro atoms. The summed E-state index contributed by atoms with van der Waals surface area (Å²) in [7, 11) is 1.25. The van der Waals surface area contributed by atoms with Crippen molar-refractivity contribution in [3.05, 3.63) is 33.8 Å². The molecule has 1 aromatic rings. The highest BCUT2D eigenvalue weighted by Gasteiger charge is 2.39. The van der Waals surface area contributed by atoms with Crippen molar-refractivity contribution in [3.63, 3.8) is 0 Å². The van der Waals surface area contributed by atoms with Crippen LogP contribution in [0.25, 0.3) is 0 Å². The number of halogens is 2. The molecule has 0 radical (unpaired) electrons. The van der Waals surface area contributed by atoms with Crippen molar-refractivity contribution in [3.8, 4) is 0 Å². The Morgan fingerprint density at radius 2 is 2.00 bits per heavy atom. The van der Waals surface area contributed by atoms with Gasteiger partial charge in [-0.1, -0.05) is 29.3 Å². The van der Waals surface area contributed by atoms with Crippen molar-refractivity contribution in [2.75, 3.05) is 13.7 Å². The van der Waals surface area contributed by atoms with Gasteiger partial charge in [-0.05, 0) is 17.7 Å². The van der Waals surface area contributed by atoms with Crippen LogP contribution in [0.5, 0.6) is 0 Å². The van der Waals surface area contributed by atoms with Gasteiger partial charge < -0.3 is 14.7 Å². The zero-order chi connectivity index (χ0) is 15.6. The van der Waals surface area contributed by atoms with E-state index in [1.165, 1.54) is 12.0 Å². The Labute approximate surface area is 132 Å². The average Bonchev–Trinajstić information content (AvgIpc) is 2.84. The SMILES string of the molecule is COC(=O)[C@@H]1C[C@@H](O)CN1C(=O)Cc1c(Cl)cccc1Cl. The number of carbonyl (C=O) groups excluding carboxylic acids is 2. The summed E-state index contributed by atoms with van der Waals surface area (Å²) in [6, 6.07) is 4.22. The number of hydrogen-bond donors (Lipinski definition) is 1. The largest absolute Gasteiger partial charge is 0.467 e. The van der Waals surface area contributed by atoms with Gasteiger partial charge in [-0.15, -0.1) is 0 Å². The molecule has 0 aromatic heterocycles. The molecule has 1 N–H and O–H groups in total. The minimum Gasteiger partial charge on any atom is -0.467 e. The summed E-state index contributed by atoms with van der Waals surface area (Å²) in [5, 5.41) is 10.5. The van der Waals surface area contributed by atoms with Crippen LogP contribution in [0.3, 0.4) is 0 Å². The fraction of sp³-hybridized carbons (Fsp3) is 0.429. The Kier molecular flexibility index (Phi) is 5.08. The Bertz CT molecular complexity index is 544. The number of nitrogens with zero attached hydrogens (tertiary/aromatic N) is 1. The van der Waals surface area contributed by atoms with E-state index in [1.807, 2.05) is 0 Å². The topological polar surface area (TPSA) is 66.8 Å². The molecule has 1 amide bonds. The van der Waals surface area contributed by atoms with Gasteiger partial charge in [0.05, 0.1) is 19.6 Å². The number of amides is 1. The van der Waals surface area contributed by atoms with E-state index in [1.54, 1.807) is 18.2 Å². The molecule has 21 heavy (non-hydrogen) atoms. The zero-order valence-corrected chi connectivity index (χ0v) is 12.9. The van der Waals surface area contributed by atoms with Crippen LogP contribution in [0.2, 0.25) is 10.0 Å². The van der Waals surface area contributed by atoms with Gasteiger partial charge in [-0.25, -0.2) is 4.79 Å². The lowest BCUT2D eigenvalue weighted by molar-refractivity contribution is -0.150. The lowest BCUT2D eigenvalue weighted by Gasteiger charge is -2.22. The molecule has 114 valence electrons. The van der Waals surface area contributed by atoms with Crippen molar-refractivity contribution >= 4 is 35.1 Å². The van der Waals surface area contributed by atoms with E-state index >= 15 is 0 Å². The number of aliphatic hydroxyl groups excluding tert-OH is 1. The Morgan fingerprint density at radius 1 is 1.38 bits per heavy atom. The van der Waals surface area contributed by atoms with E-state index in [0.717, 1.165) is 0 Å². The third-order valence-corrected chi connectivity index (χ3v) is 4.17. The van der Waals surface area contributed by atoms with Gasteiger partial charge in [-0.3, -0.25) is 4.79 Å². The van der Waals surface area contributed by atoms with Crippen molar-refractivity contribution in [1.29, 1.82) is 0 Å². The highest BCUT2D eigenvalue weighted by atomic mass is 35.5. The van der Waals surface area contributed by atoms with Gasteiger partial charge >= 0.3 is 5.97 Å². The fourth-order valence-electron chi connectivity index (χ4n) is 2.40. The number of ether oxygens (including phenoxy) is 1. The maximum atomic E-state index is 12.4. The van der Waals surface area contributed by atoms with Crippen LogP contribution in [-0.4, -0.2) is 47.7 Å². The third kappa shape index (κ3) is 3.48. The quantitative estimate of drug-likeness (QED) is 0.855. The number of carbonyl (C=O) groups is 2. The first-order valence-electron chi connectivity index (χ1n) is 6.42. The number of esters is 1. The molecule has 0 aliphatic carbocycles. The molecule has 0 bridgehead atoms. The molecular formula is C14H15Cl2NO4. The molecular weight excluding hydrogens is 317 g/mol. The van der Waals surface area contributed by atoms with Crippen LogP contribution >= 0.6 is 23.2 Å². The second kappa shape index (κ2) is 6.64. The van der Waals surface area contributed by atoms with Gasteiger partial charge in [0.1, 0.15) is 6.04 Å². The van der Waals surface area contributed by atoms with Gasteiger partial charge in [0.25, 0.3) is 0 Å². The van der Waals surface area contributed by atoms with Crippen LogP contribution < -0.4 is 0 Å². The monoisotopic (exact) mass is 331 g/mol. The highest BCUT2D eigenvalue weighted by molar-refractivity contribution is 6.36. The second-order valence-electron chi connectivity index (χ2n) is 4.85. The van der Waals surface area contributed by atoms with Gasteiger partial charge in [0.15, 0.2) is 0 Å². The summed E-state index contributed by atoms with van der Waals surface area (Å²) in [6.45, 7) is 0.0979. The predicted molar refractivity (Wildman–Crippen MR) is 78.3 cm³/mol. The van der Waals surface area contributed by atoms with Crippen molar-refractivity contribution in [2.45, 2.75) is 25.0 Å². The molecule has 1 aliphatic rings. The summed E-state index contributed by atoms with van der Waals surface area (Å²) in [5.74, 6) is -0.859. The lowest BCUT2D eigenvalue weighted by atomic mass is 10.1. The molecule has 1 fully saturated rings. The molecule has 1 heterocycles. The molecule has 0 saturated carbocycles. The first kappa shape index (κ1) is 16.1. The van der Waals surface area contributed by atoms with Crippen LogP contribution in [0.1, 0.15) is 12.0 Å². The normalized spacial score (nSPS) is 21.4. The number of hydrogen-bond acceptors (Lipinski definition) is 4. The maximum absolute atomic E-state index is 12.4. The highest BCUT2D eigenvalue weighted by Crippen LogP contribution is 2.27. The number of likely N-dealkylation sites (tertiary alicyclic amines) is 1. The van der Waals surface area contributed by atoms with E-state index in [4.69, 9.17) is 23.2 Å². The number of aliphatic hydroxyl groups is 1. The zero-order valence-electron chi connectivity index (χ0n) is 11.4. The minimum atomic E-state index is -0.765. The Hall–Kier alpha value is -1.30. The van der Waals surface area contributed by atoms with Gasteiger partial charge in [0.2, 0.25) is 5.91 Å². The summed E-state index contributed by atoms with van der Waals surface area (Å²) in [6.07, 6.45) is -0.590. The molecule has 5 nitrogen and oxygen atoms in total. The van der Waals surface area contributed by atoms with Gasteiger partial charge in [-0.2, -0.15) is 0 Å². The lowest BCUT2D eigenvalue weighted by Crippen LogP contribution is -2.42. The molecule has 1 aliphatic heterocycles. The van der Waals surface area contributed by atoms with E-state index < -0.39 is 18.1 Å². The summed E-state index contributed by atoms with van der Waals surface area (Å²) >= 11 is 12.1. The predicted octanol–water partition coefficient (Wildman–Crippen LogP) is 1.67. The molecule has 1 aromatic carbocycles. The fourth-order valence-corrected chi connectivity index (χ4v) is 2.93. The van der Waals surface area contributed by atoms with E-state index in [0.29, 0.717) is 15.6 Å². The van der Waals surface area contributed by atoms with Crippen LogP contribution in [0, 0.1) is 0 Å². The van der Waals surface area contributed by atoms with Crippen molar-refractivity contribution in [1.82, 2.24) is 4.90 Å². The van der Waals surface area contributed by atoms with Crippen LogP contribution in [-0.2, 0) is 20.7 Å². The Morgan fingerprint density at radius 3 is 2.57 bits per heavy atom. The smallest absolute Gasteiger partial charge is 0.328 e. The standard InChI is InChI=1S/C14H15Cl2NO4/c1-21-14(20)12-5-8(18)7-17(12)13(19)6-9-10(15)3-2-4-11(9)16/h2-4,8,12,18H,5-7H2,1H3/t8-,12+/m1/s1. The van der Waals surface area contributed by atoms with Gasteiger partial charge in [0, 0.05) is 23.0 Å². The minimum absolute atomic E-state index is 0.0290. The first-order chi connectivity index (χ1) is 9.93. The molecule has 0 unspecified atom stereocenters. The first-order valence-corrected chi connectivity index (χ1v) is 7.18. The number of benzene rings is 1. The Balaban J connectivity index is 2.17. The number of rotatable bonds is 3. The molecule has 7 heteroatoms. The summed E-state index contributed by atoms with van der Waals surface area (Å²) < 4.78 is 4.66. The molecule has 1 saturated heterocycles. The van der Waals surface area contributed by atoms with E-state index in [9.17, 15) is 14.7 Å². The second-order valence-corrected chi connectivity index (χ2v) is 5.67. The van der Waals surface area contributed by atoms with E-state index in [-0.39, 0.29) is 25.3 Å². The third-order valence-electron chi connectivity index (χ3n) is 3.46. The summed E-state index contributed by atoms with van der Waals surface area (Å²) in [5.41, 5.74) is 0.510. The molecule has 2 rings (SSSR count). The van der Waals surface area contributed by atoms with E-state index in [2.05, 4.69) is 4.74 Å². The maximum Gasteiger partial charge on any atom is 0.328 e. The number of methoxy groups -OCH3 is 1. The van der Waals surface area contributed by atoms with Crippen molar-refractivity contribution < 1.29 is 19.4 Å². The average molecular weight is 332 g/mol. The summed E-state index contributed by atoms with van der Waals surface area (Å²) in [4.78, 5) is 25.4. The molecule has 2 atom stereocenters. The van der Waals surface area contributed by atoms with Crippen LogP contribution in [0.4, 0.5) is 0 Å². The van der Waals surface area contributed by atoms with Crippen molar-refractivity contribution in [2.24, 2.45) is 0 Å².